The third-order valence-corrected chi connectivity index (χ3v) is 6.36. The number of carbonyl (C=O) groups excluding carboxylic acids is 1. The standard InChI is InChI=1S/C26H32N6O/c1-3-21-9-7-15-28-24(21)19-32(18-23-20(2)8-6-14-27-23)22-11-16-31(17-12-22)26(33)30-25-10-4-5-13-29-25/h4-10,13-15,22H,3,11-12,16-19H2,1-2H3,(H,29,30,33). The quantitative estimate of drug-likeness (QED) is 0.583. The number of anilines is 1. The minimum Gasteiger partial charge on any atom is -0.324 e. The van der Waals surface area contributed by atoms with Crippen molar-refractivity contribution < 1.29 is 4.79 Å². The molecule has 0 aliphatic carbocycles. The fourth-order valence-corrected chi connectivity index (χ4v) is 4.38. The van der Waals surface area contributed by atoms with Gasteiger partial charge in [-0.1, -0.05) is 25.1 Å². The molecule has 172 valence electrons. The van der Waals surface area contributed by atoms with E-state index < -0.39 is 0 Å². The van der Waals surface area contributed by atoms with Gasteiger partial charge in [0.15, 0.2) is 0 Å². The molecular weight excluding hydrogens is 412 g/mol. The van der Waals surface area contributed by atoms with E-state index in [2.05, 4.69) is 46.2 Å². The first kappa shape index (κ1) is 22.9. The fraction of sp³-hybridized carbons (Fsp3) is 0.385. The van der Waals surface area contributed by atoms with Gasteiger partial charge in [-0.2, -0.15) is 0 Å². The van der Waals surface area contributed by atoms with Crippen molar-refractivity contribution in [3.63, 3.8) is 0 Å². The maximum Gasteiger partial charge on any atom is 0.323 e. The van der Waals surface area contributed by atoms with E-state index in [1.807, 2.05) is 41.6 Å². The number of amides is 2. The number of nitrogens with one attached hydrogen (secondary N) is 1. The second-order valence-electron chi connectivity index (χ2n) is 8.50. The van der Waals surface area contributed by atoms with Crippen LogP contribution >= 0.6 is 0 Å². The molecule has 4 rings (SSSR count). The van der Waals surface area contributed by atoms with Gasteiger partial charge in [-0.15, -0.1) is 0 Å². The number of aromatic nitrogens is 3. The van der Waals surface area contributed by atoms with Crippen molar-refractivity contribution in [2.75, 3.05) is 18.4 Å². The summed E-state index contributed by atoms with van der Waals surface area (Å²) in [4.78, 5) is 30.6. The van der Waals surface area contributed by atoms with Crippen LogP contribution < -0.4 is 5.32 Å². The maximum absolute atomic E-state index is 12.7. The topological polar surface area (TPSA) is 74.2 Å². The largest absolute Gasteiger partial charge is 0.324 e. The predicted molar refractivity (Wildman–Crippen MR) is 130 cm³/mol. The van der Waals surface area contributed by atoms with Gasteiger partial charge in [-0.3, -0.25) is 20.2 Å². The number of carbonyl (C=O) groups is 1. The Labute approximate surface area is 195 Å². The lowest BCUT2D eigenvalue weighted by molar-refractivity contribution is 0.107. The van der Waals surface area contributed by atoms with Crippen LogP contribution in [0.1, 0.15) is 42.3 Å². The SMILES string of the molecule is CCc1cccnc1CN(Cc1ncccc1C)C1CCN(C(=O)Nc2ccccn2)CC1. The molecule has 0 atom stereocenters. The molecule has 0 aromatic carbocycles. The van der Waals surface area contributed by atoms with Crippen LogP contribution in [0, 0.1) is 6.92 Å². The molecule has 7 nitrogen and oxygen atoms in total. The number of rotatable bonds is 7. The molecule has 1 saturated heterocycles. The molecule has 0 bridgehead atoms. The van der Waals surface area contributed by atoms with Crippen molar-refractivity contribution in [1.82, 2.24) is 24.8 Å². The molecule has 2 amide bonds. The van der Waals surface area contributed by atoms with E-state index in [1.165, 1.54) is 11.1 Å². The molecule has 1 fully saturated rings. The first-order valence-electron chi connectivity index (χ1n) is 11.7. The highest BCUT2D eigenvalue weighted by molar-refractivity contribution is 5.88. The zero-order chi connectivity index (χ0) is 23.0. The predicted octanol–water partition coefficient (Wildman–Crippen LogP) is 4.44. The van der Waals surface area contributed by atoms with Crippen LogP contribution in [0.3, 0.4) is 0 Å². The molecule has 4 heterocycles. The van der Waals surface area contributed by atoms with Gasteiger partial charge in [0.1, 0.15) is 5.82 Å². The first-order chi connectivity index (χ1) is 16.1. The minimum atomic E-state index is -0.0859. The zero-order valence-corrected chi connectivity index (χ0v) is 19.4. The zero-order valence-electron chi connectivity index (χ0n) is 19.4. The Morgan fingerprint density at radius 3 is 2.36 bits per heavy atom. The molecule has 7 heteroatoms. The number of likely N-dealkylation sites (tertiary alicyclic amines) is 1. The summed E-state index contributed by atoms with van der Waals surface area (Å²) in [6, 6.07) is 14.1. The summed E-state index contributed by atoms with van der Waals surface area (Å²) in [7, 11) is 0. The van der Waals surface area contributed by atoms with Gasteiger partial charge in [0.25, 0.3) is 0 Å². The second-order valence-corrected chi connectivity index (χ2v) is 8.50. The summed E-state index contributed by atoms with van der Waals surface area (Å²) in [6.45, 7) is 7.27. The summed E-state index contributed by atoms with van der Waals surface area (Å²) in [6.07, 6.45) is 8.21. The lowest BCUT2D eigenvalue weighted by atomic mass is 10.0. The van der Waals surface area contributed by atoms with E-state index in [1.54, 1.807) is 12.3 Å². The summed E-state index contributed by atoms with van der Waals surface area (Å²) in [5.41, 5.74) is 4.71. The van der Waals surface area contributed by atoms with Gasteiger partial charge in [-0.05, 0) is 61.6 Å². The van der Waals surface area contributed by atoms with Gasteiger partial charge in [0.05, 0.1) is 11.4 Å². The molecule has 0 radical (unpaired) electrons. The number of urea groups is 1. The minimum absolute atomic E-state index is 0.0859. The lowest BCUT2D eigenvalue weighted by Gasteiger charge is -2.38. The van der Waals surface area contributed by atoms with Crippen LogP contribution in [0.25, 0.3) is 0 Å². The Hall–Kier alpha value is -3.32. The summed E-state index contributed by atoms with van der Waals surface area (Å²) in [5, 5.41) is 2.90. The fourth-order valence-electron chi connectivity index (χ4n) is 4.38. The van der Waals surface area contributed by atoms with E-state index in [0.29, 0.717) is 24.9 Å². The molecule has 0 unspecified atom stereocenters. The maximum atomic E-state index is 12.7. The van der Waals surface area contributed by atoms with Crippen molar-refractivity contribution in [2.45, 2.75) is 52.2 Å². The number of piperidine rings is 1. The van der Waals surface area contributed by atoms with Gasteiger partial charge in [0, 0.05) is 50.8 Å². The molecule has 3 aromatic rings. The Bertz CT molecular complexity index is 1050. The second kappa shape index (κ2) is 11.0. The van der Waals surface area contributed by atoms with E-state index in [-0.39, 0.29) is 6.03 Å². The summed E-state index contributed by atoms with van der Waals surface area (Å²) in [5.74, 6) is 0.583. The van der Waals surface area contributed by atoms with Gasteiger partial charge in [0.2, 0.25) is 0 Å². The van der Waals surface area contributed by atoms with Crippen molar-refractivity contribution in [3.05, 3.63) is 83.6 Å². The van der Waals surface area contributed by atoms with Crippen molar-refractivity contribution in [1.29, 1.82) is 0 Å². The first-order valence-corrected chi connectivity index (χ1v) is 11.7. The number of aryl methyl sites for hydroxylation is 2. The van der Waals surface area contributed by atoms with Crippen LogP contribution in [0.15, 0.2) is 61.1 Å². The van der Waals surface area contributed by atoms with E-state index >= 15 is 0 Å². The van der Waals surface area contributed by atoms with Crippen LogP contribution in [0.4, 0.5) is 10.6 Å². The third-order valence-electron chi connectivity index (χ3n) is 6.36. The van der Waals surface area contributed by atoms with Crippen molar-refractivity contribution in [2.24, 2.45) is 0 Å². The van der Waals surface area contributed by atoms with Gasteiger partial charge < -0.3 is 4.90 Å². The summed E-state index contributed by atoms with van der Waals surface area (Å²) < 4.78 is 0. The van der Waals surface area contributed by atoms with E-state index in [4.69, 9.17) is 4.98 Å². The highest BCUT2D eigenvalue weighted by atomic mass is 16.2. The monoisotopic (exact) mass is 444 g/mol. The number of nitrogens with zero attached hydrogens (tertiary/aromatic N) is 5. The lowest BCUT2D eigenvalue weighted by Crippen LogP contribution is -2.47. The third kappa shape index (κ3) is 5.93. The Morgan fingerprint density at radius 1 is 0.970 bits per heavy atom. The Morgan fingerprint density at radius 2 is 1.67 bits per heavy atom. The average Bonchev–Trinajstić information content (AvgIpc) is 2.86. The Balaban J connectivity index is 1.45. The average molecular weight is 445 g/mol. The van der Waals surface area contributed by atoms with Crippen LogP contribution in [-0.4, -0.2) is 49.9 Å². The van der Waals surface area contributed by atoms with Crippen LogP contribution in [-0.2, 0) is 19.5 Å². The molecule has 0 spiro atoms. The van der Waals surface area contributed by atoms with Gasteiger partial charge >= 0.3 is 6.03 Å². The van der Waals surface area contributed by atoms with Crippen LogP contribution in [0.5, 0.6) is 0 Å². The van der Waals surface area contributed by atoms with E-state index in [0.717, 1.165) is 43.7 Å². The molecule has 0 saturated carbocycles. The number of hydrogen-bond acceptors (Lipinski definition) is 5. The molecule has 1 aliphatic rings. The molecular formula is C26H32N6O. The van der Waals surface area contributed by atoms with Crippen molar-refractivity contribution in [3.8, 4) is 0 Å². The highest BCUT2D eigenvalue weighted by Crippen LogP contribution is 2.23. The van der Waals surface area contributed by atoms with E-state index in [9.17, 15) is 4.79 Å². The molecule has 1 N–H and O–H groups in total. The normalized spacial score (nSPS) is 14.5. The molecule has 1 aliphatic heterocycles. The highest BCUT2D eigenvalue weighted by Gasteiger charge is 2.28. The van der Waals surface area contributed by atoms with Crippen molar-refractivity contribution >= 4 is 11.8 Å². The molecule has 3 aromatic heterocycles. The number of hydrogen-bond donors (Lipinski definition) is 1. The summed E-state index contributed by atoms with van der Waals surface area (Å²) >= 11 is 0. The van der Waals surface area contributed by atoms with Crippen LogP contribution in [0.2, 0.25) is 0 Å². The van der Waals surface area contributed by atoms with Gasteiger partial charge in [-0.25, -0.2) is 9.78 Å². The molecule has 33 heavy (non-hydrogen) atoms. The smallest absolute Gasteiger partial charge is 0.323 e. The number of pyridine rings is 3. The Kier molecular flexibility index (Phi) is 7.62.